The lowest BCUT2D eigenvalue weighted by atomic mass is 10.2. The van der Waals surface area contributed by atoms with Crippen molar-refractivity contribution in [1.29, 1.82) is 0 Å². The fourth-order valence-electron chi connectivity index (χ4n) is 2.26. The van der Waals surface area contributed by atoms with Gasteiger partial charge >= 0.3 is 5.97 Å². The number of benzene rings is 2. The Balaban J connectivity index is 1.65. The molecule has 5 nitrogen and oxygen atoms in total. The Hall–Kier alpha value is -2.93. The highest BCUT2D eigenvalue weighted by molar-refractivity contribution is 7.13. The number of halogens is 1. The molecule has 3 rings (SSSR count). The molecule has 0 bridgehead atoms. The number of thiazole rings is 1. The van der Waals surface area contributed by atoms with Crippen LogP contribution in [0.15, 0.2) is 47.8 Å². The monoisotopic (exact) mass is 373 g/mol. The van der Waals surface area contributed by atoms with Gasteiger partial charge in [-0.2, -0.15) is 0 Å². The summed E-state index contributed by atoms with van der Waals surface area (Å²) < 4.78 is 28.8. The highest BCUT2D eigenvalue weighted by Crippen LogP contribution is 2.26. The molecule has 0 aliphatic heterocycles. The van der Waals surface area contributed by atoms with Crippen molar-refractivity contribution in [2.75, 3.05) is 14.2 Å². The molecule has 1 heterocycles. The van der Waals surface area contributed by atoms with Crippen LogP contribution in [0.25, 0.3) is 10.6 Å². The molecule has 0 aliphatic carbocycles. The maximum absolute atomic E-state index is 13.7. The van der Waals surface area contributed by atoms with Gasteiger partial charge in [0, 0.05) is 10.9 Å². The molecular formula is C19H16FNO4S. The Kier molecular flexibility index (Phi) is 5.48. The van der Waals surface area contributed by atoms with Gasteiger partial charge in [-0.1, -0.05) is 6.07 Å². The van der Waals surface area contributed by atoms with Crippen molar-refractivity contribution in [3.63, 3.8) is 0 Å². The van der Waals surface area contributed by atoms with Gasteiger partial charge in [0.1, 0.15) is 17.4 Å². The van der Waals surface area contributed by atoms with E-state index in [1.54, 1.807) is 18.6 Å². The van der Waals surface area contributed by atoms with Crippen LogP contribution in [0.2, 0.25) is 0 Å². The van der Waals surface area contributed by atoms with E-state index in [-0.39, 0.29) is 18.1 Å². The molecule has 26 heavy (non-hydrogen) atoms. The molecule has 0 atom stereocenters. The molecule has 0 radical (unpaired) electrons. The average molecular weight is 373 g/mol. The Morgan fingerprint density at radius 2 is 1.88 bits per heavy atom. The third-order valence-corrected chi connectivity index (χ3v) is 4.53. The maximum atomic E-state index is 13.7. The van der Waals surface area contributed by atoms with Crippen LogP contribution in [0.4, 0.5) is 4.39 Å². The smallest absolute Gasteiger partial charge is 0.358 e. The number of carbonyl (C=O) groups is 1. The number of carbonyl (C=O) groups excluding carboxylic acids is 1. The molecule has 1 aromatic heterocycles. The first kappa shape index (κ1) is 17.9. The van der Waals surface area contributed by atoms with Crippen LogP contribution < -0.4 is 9.47 Å². The van der Waals surface area contributed by atoms with Gasteiger partial charge in [0.05, 0.1) is 14.2 Å². The topological polar surface area (TPSA) is 57.7 Å². The second-order valence-electron chi connectivity index (χ2n) is 5.31. The molecular weight excluding hydrogens is 357 g/mol. The zero-order chi connectivity index (χ0) is 18.5. The molecule has 0 unspecified atom stereocenters. The second kappa shape index (κ2) is 7.97. The van der Waals surface area contributed by atoms with E-state index >= 15 is 0 Å². The lowest BCUT2D eigenvalue weighted by Gasteiger charge is -2.06. The summed E-state index contributed by atoms with van der Waals surface area (Å²) in [6, 6.07) is 11.8. The van der Waals surface area contributed by atoms with Gasteiger partial charge in [-0.3, -0.25) is 0 Å². The van der Waals surface area contributed by atoms with Crippen LogP contribution in [-0.2, 0) is 11.3 Å². The minimum atomic E-state index is -0.558. The quantitative estimate of drug-likeness (QED) is 0.602. The number of methoxy groups -OCH3 is 2. The van der Waals surface area contributed by atoms with E-state index < -0.39 is 11.8 Å². The minimum Gasteiger partial charge on any atom is -0.497 e. The summed E-state index contributed by atoms with van der Waals surface area (Å²) in [5, 5.41) is 2.34. The zero-order valence-corrected chi connectivity index (χ0v) is 15.0. The normalized spacial score (nSPS) is 10.4. The largest absolute Gasteiger partial charge is 0.497 e. The Bertz CT molecular complexity index is 908. The zero-order valence-electron chi connectivity index (χ0n) is 14.2. The number of esters is 1. The first-order valence-electron chi connectivity index (χ1n) is 7.70. The number of hydrogen-bond acceptors (Lipinski definition) is 6. The van der Waals surface area contributed by atoms with Gasteiger partial charge < -0.3 is 14.2 Å². The van der Waals surface area contributed by atoms with Gasteiger partial charge in [-0.05, 0) is 42.0 Å². The van der Waals surface area contributed by atoms with Crippen LogP contribution in [0.1, 0.15) is 16.1 Å². The Labute approximate surface area is 154 Å². The highest BCUT2D eigenvalue weighted by atomic mass is 32.1. The first-order chi connectivity index (χ1) is 12.6. The summed E-state index contributed by atoms with van der Waals surface area (Å²) in [5.74, 6) is -0.172. The fourth-order valence-corrected chi connectivity index (χ4v) is 3.05. The highest BCUT2D eigenvalue weighted by Gasteiger charge is 2.14. The average Bonchev–Trinajstić information content (AvgIpc) is 3.16. The summed E-state index contributed by atoms with van der Waals surface area (Å²) in [6.45, 7) is -0.0465. The molecule has 0 spiro atoms. The number of hydrogen-bond donors (Lipinski definition) is 0. The van der Waals surface area contributed by atoms with Gasteiger partial charge in [0.15, 0.2) is 17.3 Å². The molecule has 0 aliphatic rings. The molecule has 134 valence electrons. The van der Waals surface area contributed by atoms with E-state index in [9.17, 15) is 9.18 Å². The first-order valence-corrected chi connectivity index (χ1v) is 8.58. The van der Waals surface area contributed by atoms with Crippen molar-refractivity contribution < 1.29 is 23.4 Å². The number of rotatable bonds is 6. The molecule has 2 aromatic carbocycles. The van der Waals surface area contributed by atoms with Crippen LogP contribution in [-0.4, -0.2) is 25.2 Å². The predicted octanol–water partition coefficient (Wildman–Crippen LogP) is 4.32. The molecule has 0 N–H and O–H groups in total. The number of ether oxygens (including phenoxy) is 3. The van der Waals surface area contributed by atoms with E-state index in [0.717, 1.165) is 11.3 Å². The van der Waals surface area contributed by atoms with Gasteiger partial charge in [-0.25, -0.2) is 14.2 Å². The third kappa shape index (κ3) is 4.00. The van der Waals surface area contributed by atoms with Crippen molar-refractivity contribution in [3.05, 3.63) is 64.9 Å². The van der Waals surface area contributed by atoms with Crippen molar-refractivity contribution in [1.82, 2.24) is 4.98 Å². The van der Waals surface area contributed by atoms with Crippen molar-refractivity contribution in [2.24, 2.45) is 0 Å². The Morgan fingerprint density at radius 1 is 1.12 bits per heavy atom. The van der Waals surface area contributed by atoms with E-state index in [0.29, 0.717) is 10.6 Å². The lowest BCUT2D eigenvalue weighted by molar-refractivity contribution is 0.0466. The molecule has 0 saturated carbocycles. The van der Waals surface area contributed by atoms with Crippen molar-refractivity contribution in [2.45, 2.75) is 6.61 Å². The summed E-state index contributed by atoms with van der Waals surface area (Å²) in [5.41, 5.74) is 1.63. The molecule has 3 aromatic rings. The maximum Gasteiger partial charge on any atom is 0.358 e. The molecule has 7 heteroatoms. The van der Waals surface area contributed by atoms with Gasteiger partial charge in [0.25, 0.3) is 0 Å². The standard InChI is InChI=1S/C19H16FNO4S/c1-23-14-6-4-13(5-7-14)18-21-16(11-26-18)19(22)25-10-12-3-8-17(24-2)15(20)9-12/h3-9,11H,10H2,1-2H3. The van der Waals surface area contributed by atoms with E-state index in [4.69, 9.17) is 14.2 Å². The van der Waals surface area contributed by atoms with Crippen LogP contribution in [0.5, 0.6) is 11.5 Å². The Morgan fingerprint density at radius 3 is 2.54 bits per heavy atom. The summed E-state index contributed by atoms with van der Waals surface area (Å²) in [6.07, 6.45) is 0. The molecule has 0 fully saturated rings. The fraction of sp³-hybridized carbons (Fsp3) is 0.158. The third-order valence-electron chi connectivity index (χ3n) is 3.64. The van der Waals surface area contributed by atoms with Gasteiger partial charge in [-0.15, -0.1) is 11.3 Å². The van der Waals surface area contributed by atoms with Crippen molar-refractivity contribution in [3.8, 4) is 22.1 Å². The summed E-state index contributed by atoms with van der Waals surface area (Å²) >= 11 is 1.34. The summed E-state index contributed by atoms with van der Waals surface area (Å²) in [7, 11) is 2.99. The molecule has 0 amide bonds. The van der Waals surface area contributed by atoms with Gasteiger partial charge in [0.2, 0.25) is 0 Å². The number of aromatic nitrogens is 1. The van der Waals surface area contributed by atoms with Crippen LogP contribution in [0, 0.1) is 5.82 Å². The SMILES string of the molecule is COc1ccc(-c2nc(C(=O)OCc3ccc(OC)c(F)c3)cs2)cc1. The van der Waals surface area contributed by atoms with Crippen LogP contribution >= 0.6 is 11.3 Å². The number of nitrogens with zero attached hydrogens (tertiary/aromatic N) is 1. The van der Waals surface area contributed by atoms with E-state index in [1.807, 2.05) is 24.3 Å². The summed E-state index contributed by atoms with van der Waals surface area (Å²) in [4.78, 5) is 16.5. The minimum absolute atomic E-state index is 0.0465. The van der Waals surface area contributed by atoms with E-state index in [1.165, 1.54) is 30.6 Å². The van der Waals surface area contributed by atoms with E-state index in [2.05, 4.69) is 4.98 Å². The molecule has 0 saturated heterocycles. The van der Waals surface area contributed by atoms with Crippen molar-refractivity contribution >= 4 is 17.3 Å². The second-order valence-corrected chi connectivity index (χ2v) is 6.17. The van der Waals surface area contributed by atoms with Crippen LogP contribution in [0.3, 0.4) is 0 Å². The lowest BCUT2D eigenvalue weighted by Crippen LogP contribution is -2.06. The predicted molar refractivity (Wildman–Crippen MR) is 96.2 cm³/mol.